The van der Waals surface area contributed by atoms with E-state index in [4.69, 9.17) is 4.98 Å². The van der Waals surface area contributed by atoms with Crippen molar-refractivity contribution in [3.05, 3.63) is 54.3 Å². The summed E-state index contributed by atoms with van der Waals surface area (Å²) >= 11 is 0. The van der Waals surface area contributed by atoms with Crippen LogP contribution in [0, 0.1) is 5.82 Å². The molecule has 1 aromatic heterocycles. The lowest BCUT2D eigenvalue weighted by Crippen LogP contribution is -2.02. The number of unbranched alkanes of at least 4 members (excludes halogenated alkanes) is 15. The minimum atomic E-state index is -0.203. The molecule has 34 heavy (non-hydrogen) atoms. The van der Waals surface area contributed by atoms with Crippen LogP contribution < -0.4 is 0 Å². The van der Waals surface area contributed by atoms with Crippen LogP contribution in [0.3, 0.4) is 0 Å². The molecule has 0 unspecified atom stereocenters. The Bertz CT molecular complexity index is 946. The fourth-order valence-corrected chi connectivity index (χ4v) is 4.97. The third-order valence-corrected chi connectivity index (χ3v) is 7.00. The molecule has 0 radical (unpaired) electrons. The maximum Gasteiger partial charge on any atom is 0.144 e. The fourth-order valence-electron chi connectivity index (χ4n) is 4.97. The van der Waals surface area contributed by atoms with Crippen molar-refractivity contribution in [2.75, 3.05) is 0 Å². The summed E-state index contributed by atoms with van der Waals surface area (Å²) in [5.41, 5.74) is 2.63. The zero-order valence-electron chi connectivity index (χ0n) is 21.4. The van der Waals surface area contributed by atoms with E-state index in [0.717, 1.165) is 29.8 Å². The van der Waals surface area contributed by atoms with Crippen molar-refractivity contribution in [2.24, 2.45) is 0 Å². The first-order chi connectivity index (χ1) is 16.8. The number of aromatic nitrogens is 2. The van der Waals surface area contributed by atoms with E-state index in [1.165, 1.54) is 102 Å². The number of imidazole rings is 1. The number of halogens is 1. The Morgan fingerprint density at radius 3 is 1.71 bits per heavy atom. The van der Waals surface area contributed by atoms with Crippen molar-refractivity contribution in [2.45, 2.75) is 116 Å². The maximum atomic E-state index is 14.5. The van der Waals surface area contributed by atoms with Gasteiger partial charge in [-0.05, 0) is 30.7 Å². The molecule has 3 rings (SSSR count). The summed E-state index contributed by atoms with van der Waals surface area (Å²) in [7, 11) is 0. The van der Waals surface area contributed by atoms with E-state index >= 15 is 0 Å². The highest BCUT2D eigenvalue weighted by atomic mass is 19.1. The van der Waals surface area contributed by atoms with Gasteiger partial charge in [0, 0.05) is 6.54 Å². The molecule has 0 spiro atoms. The minimum absolute atomic E-state index is 0.203. The molecule has 0 saturated heterocycles. The number of hydrogen-bond donors (Lipinski definition) is 0. The molecule has 0 bridgehead atoms. The highest BCUT2D eigenvalue weighted by molar-refractivity contribution is 5.80. The summed E-state index contributed by atoms with van der Waals surface area (Å²) in [6.45, 7) is 3.18. The van der Waals surface area contributed by atoms with Gasteiger partial charge < -0.3 is 4.57 Å². The third kappa shape index (κ3) is 8.56. The maximum absolute atomic E-state index is 14.5. The number of benzene rings is 2. The average Bonchev–Trinajstić information content (AvgIpc) is 3.22. The second-order valence-electron chi connectivity index (χ2n) is 9.86. The Morgan fingerprint density at radius 2 is 1.12 bits per heavy atom. The highest BCUT2D eigenvalue weighted by Crippen LogP contribution is 2.27. The second-order valence-corrected chi connectivity index (χ2v) is 9.86. The monoisotopic (exact) mass is 464 g/mol. The molecule has 0 N–H and O–H groups in total. The Morgan fingerprint density at radius 1 is 0.618 bits per heavy atom. The first-order valence-electron chi connectivity index (χ1n) is 14.0. The van der Waals surface area contributed by atoms with Crippen LogP contribution in [-0.2, 0) is 6.54 Å². The number of nitrogens with zero attached hydrogens (tertiary/aromatic N) is 2. The van der Waals surface area contributed by atoms with Gasteiger partial charge in [-0.25, -0.2) is 9.37 Å². The number of rotatable bonds is 18. The van der Waals surface area contributed by atoms with Crippen LogP contribution in [0.15, 0.2) is 48.5 Å². The summed E-state index contributed by atoms with van der Waals surface area (Å²) in [5.74, 6) is 0.547. The largest absolute Gasteiger partial charge is 0.324 e. The van der Waals surface area contributed by atoms with Crippen molar-refractivity contribution < 1.29 is 4.39 Å². The lowest BCUT2D eigenvalue weighted by molar-refractivity contribution is 0.522. The number of fused-ring (bicyclic) bond motifs is 1. The molecule has 3 heteroatoms. The standard InChI is InChI=1S/C31H45FN2/c1-2-3-4-5-6-7-8-9-10-11-12-13-14-15-16-21-26-34-30-25-20-19-24-29(30)33-31(34)27-22-17-18-23-28(27)32/h17-20,22-25H,2-16,21,26H2,1H3. The Kier molecular flexibility index (Phi) is 12.2. The van der Waals surface area contributed by atoms with Gasteiger partial charge in [-0.3, -0.25) is 0 Å². The van der Waals surface area contributed by atoms with Gasteiger partial charge in [-0.2, -0.15) is 0 Å². The predicted octanol–water partition coefficient (Wildman–Crippen LogP) is 10.1. The Hall–Kier alpha value is -2.16. The van der Waals surface area contributed by atoms with Crippen LogP contribution in [0.25, 0.3) is 22.4 Å². The van der Waals surface area contributed by atoms with Gasteiger partial charge in [0.05, 0.1) is 16.6 Å². The van der Waals surface area contributed by atoms with Gasteiger partial charge in [-0.1, -0.05) is 128 Å². The van der Waals surface area contributed by atoms with E-state index in [1.54, 1.807) is 6.07 Å². The molecular formula is C31H45FN2. The van der Waals surface area contributed by atoms with Gasteiger partial charge in [0.25, 0.3) is 0 Å². The van der Waals surface area contributed by atoms with Crippen molar-refractivity contribution >= 4 is 11.0 Å². The first-order valence-corrected chi connectivity index (χ1v) is 14.0. The van der Waals surface area contributed by atoms with Crippen molar-refractivity contribution in [3.63, 3.8) is 0 Å². The lowest BCUT2D eigenvalue weighted by Gasteiger charge is -2.10. The fraction of sp³-hybridized carbons (Fsp3) is 0.581. The molecule has 2 nitrogen and oxygen atoms in total. The number of hydrogen-bond acceptors (Lipinski definition) is 1. The molecule has 0 fully saturated rings. The highest BCUT2D eigenvalue weighted by Gasteiger charge is 2.15. The predicted molar refractivity (Wildman–Crippen MR) is 145 cm³/mol. The minimum Gasteiger partial charge on any atom is -0.324 e. The summed E-state index contributed by atoms with van der Waals surface area (Å²) in [6, 6.07) is 15.1. The van der Waals surface area contributed by atoms with E-state index in [2.05, 4.69) is 17.6 Å². The van der Waals surface area contributed by atoms with Crippen LogP contribution in [0.1, 0.15) is 110 Å². The quantitative estimate of drug-likeness (QED) is 0.171. The second kappa shape index (κ2) is 15.7. The molecule has 1 heterocycles. The van der Waals surface area contributed by atoms with Gasteiger partial charge in [0.15, 0.2) is 0 Å². The van der Waals surface area contributed by atoms with E-state index < -0.39 is 0 Å². The smallest absolute Gasteiger partial charge is 0.144 e. The zero-order valence-corrected chi connectivity index (χ0v) is 21.4. The molecule has 0 atom stereocenters. The molecule has 0 aliphatic rings. The number of aryl methyl sites for hydroxylation is 1. The van der Waals surface area contributed by atoms with Crippen molar-refractivity contribution in [1.82, 2.24) is 9.55 Å². The van der Waals surface area contributed by atoms with E-state index in [9.17, 15) is 4.39 Å². The van der Waals surface area contributed by atoms with Gasteiger partial charge >= 0.3 is 0 Å². The molecule has 0 amide bonds. The lowest BCUT2D eigenvalue weighted by atomic mass is 10.0. The molecular weight excluding hydrogens is 419 g/mol. The Balaban J connectivity index is 1.29. The van der Waals surface area contributed by atoms with E-state index in [1.807, 2.05) is 30.3 Å². The Labute approximate surface area is 207 Å². The summed E-state index contributed by atoms with van der Waals surface area (Å²) in [5, 5.41) is 0. The molecule has 0 saturated carbocycles. The average molecular weight is 465 g/mol. The zero-order chi connectivity index (χ0) is 23.8. The van der Waals surface area contributed by atoms with Gasteiger partial charge in [0.1, 0.15) is 11.6 Å². The van der Waals surface area contributed by atoms with E-state index in [-0.39, 0.29) is 5.82 Å². The van der Waals surface area contributed by atoms with E-state index in [0.29, 0.717) is 5.56 Å². The third-order valence-electron chi connectivity index (χ3n) is 7.00. The van der Waals surface area contributed by atoms with Crippen molar-refractivity contribution in [3.8, 4) is 11.4 Å². The van der Waals surface area contributed by atoms with Crippen LogP contribution >= 0.6 is 0 Å². The normalized spacial score (nSPS) is 11.5. The first kappa shape index (κ1) is 26.4. The molecule has 3 aromatic rings. The van der Waals surface area contributed by atoms with Crippen LogP contribution in [0.4, 0.5) is 4.39 Å². The van der Waals surface area contributed by atoms with Gasteiger partial charge in [-0.15, -0.1) is 0 Å². The molecule has 0 aliphatic heterocycles. The molecule has 186 valence electrons. The van der Waals surface area contributed by atoms with Crippen LogP contribution in [0.5, 0.6) is 0 Å². The van der Waals surface area contributed by atoms with Crippen LogP contribution in [-0.4, -0.2) is 9.55 Å². The summed E-state index contributed by atoms with van der Waals surface area (Å²) < 4.78 is 16.7. The molecule has 0 aliphatic carbocycles. The van der Waals surface area contributed by atoms with Gasteiger partial charge in [0.2, 0.25) is 0 Å². The van der Waals surface area contributed by atoms with Crippen molar-refractivity contribution in [1.29, 1.82) is 0 Å². The molecule has 2 aromatic carbocycles. The van der Waals surface area contributed by atoms with Crippen LogP contribution in [0.2, 0.25) is 0 Å². The SMILES string of the molecule is CCCCCCCCCCCCCCCCCCn1c(-c2ccccc2F)nc2ccccc21. The summed E-state index contributed by atoms with van der Waals surface area (Å²) in [6.07, 6.45) is 21.9. The number of para-hydroxylation sites is 2. The summed E-state index contributed by atoms with van der Waals surface area (Å²) in [4.78, 5) is 4.76. The topological polar surface area (TPSA) is 17.8 Å².